The molecule has 0 atom stereocenters. The second-order valence-corrected chi connectivity index (χ2v) is 8.47. The predicted molar refractivity (Wildman–Crippen MR) is 108 cm³/mol. The van der Waals surface area contributed by atoms with Gasteiger partial charge in [-0.15, -0.1) is 0 Å². The molecule has 1 fully saturated rings. The third kappa shape index (κ3) is 6.84. The maximum atomic E-state index is 11.5. The fourth-order valence-corrected chi connectivity index (χ4v) is 3.76. The minimum absolute atomic E-state index is 0.415. The lowest BCUT2D eigenvalue weighted by molar-refractivity contribution is 0.206. The molecule has 0 aliphatic carbocycles. The van der Waals surface area contributed by atoms with Crippen molar-refractivity contribution in [1.82, 2.24) is 15.5 Å². The Labute approximate surface area is 157 Å². The molecule has 0 aromatic heterocycles. The summed E-state index contributed by atoms with van der Waals surface area (Å²) in [6.45, 7) is 6.11. The highest BCUT2D eigenvalue weighted by Crippen LogP contribution is 2.16. The van der Waals surface area contributed by atoms with Gasteiger partial charge < -0.3 is 15.5 Å². The van der Waals surface area contributed by atoms with Crippen molar-refractivity contribution in [2.45, 2.75) is 38.8 Å². The Bertz CT molecular complexity index is 697. The van der Waals surface area contributed by atoms with E-state index in [0.29, 0.717) is 18.3 Å². The Morgan fingerprint density at radius 1 is 1.27 bits per heavy atom. The summed E-state index contributed by atoms with van der Waals surface area (Å²) in [4.78, 5) is 6.80. The number of nitrogens with zero attached hydrogens (tertiary/aromatic N) is 2. The molecule has 1 aliphatic rings. The van der Waals surface area contributed by atoms with Crippen molar-refractivity contribution < 1.29 is 8.42 Å². The lowest BCUT2D eigenvalue weighted by atomic mass is 10.1. The van der Waals surface area contributed by atoms with E-state index in [1.165, 1.54) is 13.0 Å². The van der Waals surface area contributed by atoms with E-state index < -0.39 is 10.0 Å². The first-order chi connectivity index (χ1) is 12.4. The van der Waals surface area contributed by atoms with Crippen LogP contribution in [0.2, 0.25) is 0 Å². The highest BCUT2D eigenvalue weighted by molar-refractivity contribution is 7.92. The second-order valence-electron chi connectivity index (χ2n) is 6.72. The van der Waals surface area contributed by atoms with Gasteiger partial charge in [0.1, 0.15) is 0 Å². The van der Waals surface area contributed by atoms with Crippen LogP contribution < -0.4 is 15.4 Å². The summed E-state index contributed by atoms with van der Waals surface area (Å²) in [5.74, 6) is 0.744. The molecule has 3 N–H and O–H groups in total. The molecule has 146 valence electrons. The average Bonchev–Trinajstić information content (AvgIpc) is 2.60. The van der Waals surface area contributed by atoms with E-state index in [4.69, 9.17) is 0 Å². The monoisotopic (exact) mass is 381 g/mol. The molecule has 0 bridgehead atoms. The molecule has 0 spiro atoms. The van der Waals surface area contributed by atoms with Gasteiger partial charge in [0.05, 0.1) is 11.9 Å². The molecule has 0 saturated carbocycles. The minimum Gasteiger partial charge on any atom is -0.354 e. The van der Waals surface area contributed by atoms with Crippen LogP contribution in [-0.2, 0) is 16.6 Å². The summed E-state index contributed by atoms with van der Waals surface area (Å²) in [5.41, 5.74) is 1.46. The quantitative estimate of drug-likeness (QED) is 0.493. The van der Waals surface area contributed by atoms with Gasteiger partial charge in [-0.05, 0) is 37.4 Å². The molecule has 1 heterocycles. The molecule has 26 heavy (non-hydrogen) atoms. The van der Waals surface area contributed by atoms with Crippen LogP contribution in [-0.4, -0.2) is 58.3 Å². The average molecular weight is 382 g/mol. The lowest BCUT2D eigenvalue weighted by Gasteiger charge is -2.32. The van der Waals surface area contributed by atoms with E-state index in [2.05, 4.69) is 32.2 Å². The molecule has 0 unspecified atom stereocenters. The largest absolute Gasteiger partial charge is 0.354 e. The van der Waals surface area contributed by atoms with E-state index in [0.717, 1.165) is 43.7 Å². The number of likely N-dealkylation sites (tertiary alicyclic amines) is 1. The maximum absolute atomic E-state index is 11.5. The molecule has 1 aromatic carbocycles. The van der Waals surface area contributed by atoms with Crippen molar-refractivity contribution in [1.29, 1.82) is 0 Å². The zero-order valence-corrected chi connectivity index (χ0v) is 16.8. The van der Waals surface area contributed by atoms with Crippen molar-refractivity contribution in [2.24, 2.45) is 4.99 Å². The first-order valence-electron chi connectivity index (χ1n) is 9.16. The topological polar surface area (TPSA) is 85.8 Å². The molecule has 7 nitrogen and oxygen atoms in total. The number of aliphatic imine (C=N–C) groups is 1. The Morgan fingerprint density at radius 2 is 1.96 bits per heavy atom. The molecule has 1 aliphatic heterocycles. The van der Waals surface area contributed by atoms with Crippen LogP contribution >= 0.6 is 0 Å². The van der Waals surface area contributed by atoms with Gasteiger partial charge in [0.25, 0.3) is 0 Å². The molecule has 1 saturated heterocycles. The summed E-state index contributed by atoms with van der Waals surface area (Å²) in [7, 11) is -1.55. The summed E-state index contributed by atoms with van der Waals surface area (Å²) in [6, 6.07) is 7.78. The lowest BCUT2D eigenvalue weighted by Crippen LogP contribution is -2.48. The number of benzene rings is 1. The molecule has 0 amide bonds. The van der Waals surface area contributed by atoms with E-state index in [-0.39, 0.29) is 0 Å². The third-order valence-corrected chi connectivity index (χ3v) is 5.04. The van der Waals surface area contributed by atoms with Crippen LogP contribution in [0.4, 0.5) is 5.69 Å². The molecule has 2 rings (SSSR count). The number of rotatable bonds is 7. The van der Waals surface area contributed by atoms with Gasteiger partial charge in [-0.25, -0.2) is 8.42 Å². The van der Waals surface area contributed by atoms with E-state index in [1.807, 2.05) is 18.2 Å². The summed E-state index contributed by atoms with van der Waals surface area (Å²) >= 11 is 0. The Hall–Kier alpha value is -1.80. The van der Waals surface area contributed by atoms with Crippen molar-refractivity contribution >= 4 is 21.7 Å². The fraction of sp³-hybridized carbons (Fsp3) is 0.611. The molecule has 8 heteroatoms. The number of hydrogen-bond donors (Lipinski definition) is 3. The zero-order chi connectivity index (χ0) is 19.0. The number of sulfonamides is 1. The SMILES string of the molecule is CCCN1CCC(NC(=NC)NCc2ccccc2NS(C)(=O)=O)CC1. The number of para-hydroxylation sites is 1. The van der Waals surface area contributed by atoms with Crippen molar-refractivity contribution in [2.75, 3.05) is 37.7 Å². The summed E-state index contributed by atoms with van der Waals surface area (Å²) in [6.07, 6.45) is 4.56. The number of guanidine groups is 1. The smallest absolute Gasteiger partial charge is 0.229 e. The predicted octanol–water partition coefficient (Wildman–Crippen LogP) is 1.60. The molecular formula is C18H31N5O2S. The van der Waals surface area contributed by atoms with E-state index in [9.17, 15) is 8.42 Å². The molecular weight excluding hydrogens is 350 g/mol. The fourth-order valence-electron chi connectivity index (χ4n) is 3.16. The minimum atomic E-state index is -3.30. The van der Waals surface area contributed by atoms with Crippen LogP contribution in [0.25, 0.3) is 0 Å². The number of piperidine rings is 1. The first-order valence-corrected chi connectivity index (χ1v) is 11.1. The van der Waals surface area contributed by atoms with Gasteiger partial charge >= 0.3 is 0 Å². The Balaban J connectivity index is 1.88. The van der Waals surface area contributed by atoms with Crippen LogP contribution in [0.3, 0.4) is 0 Å². The Kier molecular flexibility index (Phi) is 7.71. The number of nitrogens with one attached hydrogen (secondary N) is 3. The third-order valence-electron chi connectivity index (χ3n) is 4.45. The zero-order valence-electron chi connectivity index (χ0n) is 16.0. The van der Waals surface area contributed by atoms with Crippen LogP contribution in [0.5, 0.6) is 0 Å². The van der Waals surface area contributed by atoms with Gasteiger partial charge in [-0.1, -0.05) is 25.1 Å². The highest BCUT2D eigenvalue weighted by atomic mass is 32.2. The van der Waals surface area contributed by atoms with Crippen LogP contribution in [0.15, 0.2) is 29.3 Å². The van der Waals surface area contributed by atoms with E-state index >= 15 is 0 Å². The van der Waals surface area contributed by atoms with Crippen molar-refractivity contribution in [3.05, 3.63) is 29.8 Å². The van der Waals surface area contributed by atoms with E-state index in [1.54, 1.807) is 13.1 Å². The van der Waals surface area contributed by atoms with Crippen molar-refractivity contribution in [3.63, 3.8) is 0 Å². The van der Waals surface area contributed by atoms with Crippen molar-refractivity contribution in [3.8, 4) is 0 Å². The van der Waals surface area contributed by atoms with Crippen LogP contribution in [0, 0.1) is 0 Å². The van der Waals surface area contributed by atoms with Gasteiger partial charge in [-0.3, -0.25) is 9.71 Å². The summed E-state index contributed by atoms with van der Waals surface area (Å²) in [5, 5.41) is 6.77. The van der Waals surface area contributed by atoms with Gasteiger partial charge in [-0.2, -0.15) is 0 Å². The number of anilines is 1. The van der Waals surface area contributed by atoms with Crippen LogP contribution in [0.1, 0.15) is 31.7 Å². The van der Waals surface area contributed by atoms with Gasteiger partial charge in [0.15, 0.2) is 5.96 Å². The molecule has 0 radical (unpaired) electrons. The first kappa shape index (κ1) is 20.5. The maximum Gasteiger partial charge on any atom is 0.229 e. The standard InChI is InChI=1S/C18H31N5O2S/c1-4-11-23-12-9-16(10-13-23)21-18(19-2)20-14-15-7-5-6-8-17(15)22-26(3,24)25/h5-8,16,22H,4,9-14H2,1-3H3,(H2,19,20,21). The normalized spacial score (nSPS) is 17.1. The Morgan fingerprint density at radius 3 is 2.58 bits per heavy atom. The van der Waals surface area contributed by atoms with Gasteiger partial charge in [0.2, 0.25) is 10.0 Å². The number of hydrogen-bond acceptors (Lipinski definition) is 4. The summed E-state index contributed by atoms with van der Waals surface area (Å²) < 4.78 is 25.6. The molecule has 1 aromatic rings. The highest BCUT2D eigenvalue weighted by Gasteiger charge is 2.19. The van der Waals surface area contributed by atoms with Gasteiger partial charge in [0, 0.05) is 32.7 Å². The second kappa shape index (κ2) is 9.78.